The van der Waals surface area contributed by atoms with E-state index in [0.29, 0.717) is 34.5 Å². The zero-order valence-corrected chi connectivity index (χ0v) is 24.9. The molecule has 1 N–H and O–H groups in total. The molecule has 0 spiro atoms. The Labute approximate surface area is 248 Å². The highest BCUT2D eigenvalue weighted by Crippen LogP contribution is 2.46. The molecule has 1 saturated heterocycles. The lowest BCUT2D eigenvalue weighted by molar-refractivity contribution is -0.132. The summed E-state index contributed by atoms with van der Waals surface area (Å²) >= 11 is 16.8. The molecule has 2 aromatic carbocycles. The minimum absolute atomic E-state index is 0.0742. The number of hydrogen-bond acceptors (Lipinski definition) is 3. The van der Waals surface area contributed by atoms with Gasteiger partial charge in [0.2, 0.25) is 5.91 Å². The number of aromatic nitrogens is 1. The second-order valence-corrected chi connectivity index (χ2v) is 12.2. The molecule has 3 aromatic rings. The summed E-state index contributed by atoms with van der Waals surface area (Å²) in [4.78, 5) is 32.0. The fourth-order valence-corrected chi connectivity index (χ4v) is 7.00. The largest absolute Gasteiger partial charge is 0.352 e. The van der Waals surface area contributed by atoms with E-state index < -0.39 is 0 Å². The van der Waals surface area contributed by atoms with Crippen molar-refractivity contribution in [1.82, 2.24) is 15.2 Å². The molecule has 8 heteroatoms. The second-order valence-electron chi connectivity index (χ2n) is 10.4. The van der Waals surface area contributed by atoms with Gasteiger partial charge in [-0.05, 0) is 107 Å². The second kappa shape index (κ2) is 12.8. The maximum atomic E-state index is 13.0. The van der Waals surface area contributed by atoms with E-state index in [9.17, 15) is 9.59 Å². The van der Waals surface area contributed by atoms with Crippen molar-refractivity contribution in [3.63, 3.8) is 0 Å². The number of halogens is 3. The van der Waals surface area contributed by atoms with Crippen LogP contribution in [0.25, 0.3) is 0 Å². The van der Waals surface area contributed by atoms with Gasteiger partial charge >= 0.3 is 0 Å². The van der Waals surface area contributed by atoms with E-state index in [1.165, 1.54) is 11.1 Å². The van der Waals surface area contributed by atoms with Crippen molar-refractivity contribution in [3.05, 3.63) is 97.2 Å². The number of piperidine rings is 1. The topological polar surface area (TPSA) is 62.3 Å². The smallest absolute Gasteiger partial charge is 0.251 e. The molecule has 5 rings (SSSR count). The Morgan fingerprint density at radius 3 is 2.51 bits per heavy atom. The lowest BCUT2D eigenvalue weighted by atomic mass is 9.76. The molecule has 1 unspecified atom stereocenters. The Balaban J connectivity index is 1.18. The summed E-state index contributed by atoms with van der Waals surface area (Å²) in [5, 5.41) is 4.31. The first-order valence-corrected chi connectivity index (χ1v) is 15.2. The van der Waals surface area contributed by atoms with E-state index in [2.05, 4.69) is 33.4 Å². The molecule has 1 aliphatic heterocycles. The maximum absolute atomic E-state index is 13.0. The van der Waals surface area contributed by atoms with Gasteiger partial charge in [0.05, 0.1) is 5.69 Å². The number of aryl methyl sites for hydroxylation is 2. The number of amides is 2. The minimum atomic E-state index is -0.0742. The molecule has 0 saturated carbocycles. The number of rotatable bonds is 7. The lowest BCUT2D eigenvalue weighted by Crippen LogP contribution is -2.40. The van der Waals surface area contributed by atoms with E-state index in [0.717, 1.165) is 67.3 Å². The van der Waals surface area contributed by atoms with Crippen LogP contribution in [0, 0.1) is 5.92 Å². The molecule has 39 heavy (non-hydrogen) atoms. The Bertz CT molecular complexity index is 1340. The molecule has 1 aromatic heterocycles. The van der Waals surface area contributed by atoms with E-state index in [1.54, 1.807) is 12.1 Å². The first kappa shape index (κ1) is 28.1. The molecule has 2 aliphatic rings. The number of nitrogens with one attached hydrogen (secondary N) is 1. The van der Waals surface area contributed by atoms with Crippen LogP contribution in [0.2, 0.25) is 10.0 Å². The van der Waals surface area contributed by atoms with Crippen molar-refractivity contribution < 1.29 is 9.59 Å². The molecule has 1 aliphatic carbocycles. The van der Waals surface area contributed by atoms with Crippen molar-refractivity contribution in [2.24, 2.45) is 5.92 Å². The number of nitrogens with zero attached hydrogens (tertiary/aromatic N) is 2. The van der Waals surface area contributed by atoms with Gasteiger partial charge in [0.15, 0.2) is 0 Å². The highest BCUT2D eigenvalue weighted by atomic mass is 79.9. The van der Waals surface area contributed by atoms with Crippen molar-refractivity contribution >= 4 is 50.9 Å². The van der Waals surface area contributed by atoms with Gasteiger partial charge in [-0.2, -0.15) is 0 Å². The quantitative estimate of drug-likeness (QED) is 0.281. The van der Waals surface area contributed by atoms with Crippen molar-refractivity contribution in [3.8, 4) is 0 Å². The van der Waals surface area contributed by atoms with E-state index >= 15 is 0 Å². The molecule has 0 radical (unpaired) electrons. The van der Waals surface area contributed by atoms with Crippen LogP contribution in [-0.2, 0) is 17.6 Å². The Morgan fingerprint density at radius 1 is 1.00 bits per heavy atom. The molecular formula is C31H32BrCl2N3O2. The average Bonchev–Trinajstić information content (AvgIpc) is 3.10. The Hall–Kier alpha value is -2.41. The highest BCUT2D eigenvalue weighted by Gasteiger charge is 2.36. The lowest BCUT2D eigenvalue weighted by Gasteiger charge is -2.37. The van der Waals surface area contributed by atoms with E-state index in [1.807, 2.05) is 35.4 Å². The van der Waals surface area contributed by atoms with Gasteiger partial charge in [-0.25, -0.2) is 0 Å². The molecule has 204 valence electrons. The van der Waals surface area contributed by atoms with Gasteiger partial charge in [0, 0.05) is 58.3 Å². The van der Waals surface area contributed by atoms with Gasteiger partial charge in [-0.1, -0.05) is 41.4 Å². The van der Waals surface area contributed by atoms with Crippen molar-refractivity contribution in [2.75, 3.05) is 19.6 Å². The van der Waals surface area contributed by atoms with Gasteiger partial charge in [-0.3, -0.25) is 14.6 Å². The number of fused-ring (bicyclic) bond motifs is 2. The van der Waals surface area contributed by atoms with E-state index in [-0.39, 0.29) is 17.7 Å². The summed E-state index contributed by atoms with van der Waals surface area (Å²) in [6.45, 7) is 2.03. The molecule has 5 nitrogen and oxygen atoms in total. The monoisotopic (exact) mass is 627 g/mol. The number of benzene rings is 2. The molecule has 2 heterocycles. The summed E-state index contributed by atoms with van der Waals surface area (Å²) in [6, 6.07) is 15.3. The fraction of sp³-hybridized carbons (Fsp3) is 0.387. The molecule has 0 bridgehead atoms. The molecule has 2 amide bonds. The third-order valence-electron chi connectivity index (χ3n) is 7.92. The van der Waals surface area contributed by atoms with Crippen LogP contribution in [0.3, 0.4) is 0 Å². The fourth-order valence-electron chi connectivity index (χ4n) is 5.97. The summed E-state index contributed by atoms with van der Waals surface area (Å²) in [5.41, 5.74) is 5.35. The zero-order valence-electron chi connectivity index (χ0n) is 21.8. The van der Waals surface area contributed by atoms with Crippen LogP contribution >= 0.6 is 39.1 Å². The van der Waals surface area contributed by atoms with Crippen LogP contribution in [0.5, 0.6) is 0 Å². The van der Waals surface area contributed by atoms with Crippen molar-refractivity contribution in [1.29, 1.82) is 0 Å². The number of pyridine rings is 1. The van der Waals surface area contributed by atoms with Gasteiger partial charge in [0.25, 0.3) is 5.91 Å². The third-order valence-corrected chi connectivity index (χ3v) is 8.88. The summed E-state index contributed by atoms with van der Waals surface area (Å²) in [6.07, 6.45) is 7.48. The third kappa shape index (κ3) is 6.67. The molecule has 1 atom stereocenters. The van der Waals surface area contributed by atoms with Crippen LogP contribution in [-0.4, -0.2) is 41.3 Å². The van der Waals surface area contributed by atoms with Gasteiger partial charge in [-0.15, -0.1) is 0 Å². The molecule has 1 fully saturated rings. The first-order valence-electron chi connectivity index (χ1n) is 13.6. The van der Waals surface area contributed by atoms with Crippen LogP contribution in [0.15, 0.2) is 59.2 Å². The number of hydrogen-bond donors (Lipinski definition) is 1. The number of likely N-dealkylation sites (tertiary alicyclic amines) is 1. The van der Waals surface area contributed by atoms with Gasteiger partial charge < -0.3 is 10.2 Å². The highest BCUT2D eigenvalue weighted by molar-refractivity contribution is 9.10. The summed E-state index contributed by atoms with van der Waals surface area (Å²) in [7, 11) is 0. The average molecular weight is 629 g/mol. The Morgan fingerprint density at radius 2 is 1.74 bits per heavy atom. The Kier molecular flexibility index (Phi) is 9.26. The standard InChI is InChI=1S/C31H32BrCl2N3O2/c32-24-16-23-10-9-22-17-25(33)18-26(34)28(22)29(30(23)36-19-24)20-11-14-37(15-12-20)27(38)8-4-5-13-35-31(39)21-6-2-1-3-7-21/h1-3,6-7,16-20,29H,4-5,8-15H2,(H,35,39). The number of unbranched alkanes of at least 4 members (excludes halogenated alkanes) is 1. The number of carbonyl (C=O) groups excluding carboxylic acids is 2. The minimum Gasteiger partial charge on any atom is -0.352 e. The van der Waals surface area contributed by atoms with Crippen LogP contribution in [0.1, 0.15) is 70.8 Å². The zero-order chi connectivity index (χ0) is 27.4. The first-order chi connectivity index (χ1) is 18.9. The molecular weight excluding hydrogens is 597 g/mol. The van der Waals surface area contributed by atoms with Crippen LogP contribution < -0.4 is 5.32 Å². The van der Waals surface area contributed by atoms with E-state index in [4.69, 9.17) is 28.2 Å². The van der Waals surface area contributed by atoms with Crippen LogP contribution in [0.4, 0.5) is 0 Å². The van der Waals surface area contributed by atoms with Gasteiger partial charge in [0.1, 0.15) is 0 Å². The predicted octanol–water partition coefficient (Wildman–Crippen LogP) is 7.22. The SMILES string of the molecule is O=C(NCCCCC(=O)N1CCC(C2c3ncc(Br)cc3CCc3cc(Cl)cc(Cl)c32)CC1)c1ccccc1. The number of carbonyl (C=O) groups is 2. The summed E-state index contributed by atoms with van der Waals surface area (Å²) < 4.78 is 0.982. The normalized spacial score (nSPS) is 17.2. The van der Waals surface area contributed by atoms with Crippen molar-refractivity contribution in [2.45, 2.75) is 50.9 Å². The predicted molar refractivity (Wildman–Crippen MR) is 160 cm³/mol. The maximum Gasteiger partial charge on any atom is 0.251 e. The summed E-state index contributed by atoms with van der Waals surface area (Å²) in [5.74, 6) is 0.539.